The molecule has 4 nitrogen and oxygen atoms in total. The zero-order valence-corrected chi connectivity index (χ0v) is 11.6. The van der Waals surface area contributed by atoms with Crippen molar-refractivity contribution < 1.29 is 44.6 Å². The summed E-state index contributed by atoms with van der Waals surface area (Å²) in [6.07, 6.45) is -0.443. The molecule has 0 aromatic rings. The van der Waals surface area contributed by atoms with E-state index in [1.54, 1.807) is 6.92 Å². The van der Waals surface area contributed by atoms with Crippen molar-refractivity contribution in [2.45, 2.75) is 45.9 Å². The van der Waals surface area contributed by atoms with E-state index < -0.39 is 17.7 Å². The summed E-state index contributed by atoms with van der Waals surface area (Å²) in [5.74, 6) is -1.21. The fourth-order valence-corrected chi connectivity index (χ4v) is 0.798. The van der Waals surface area contributed by atoms with Gasteiger partial charge in [0.1, 0.15) is 6.23 Å². The number of hydrogen-bond donors (Lipinski definition) is 2. The van der Waals surface area contributed by atoms with Crippen molar-refractivity contribution in [3.05, 3.63) is 0 Å². The van der Waals surface area contributed by atoms with Gasteiger partial charge in [0, 0.05) is 0 Å². The Morgan fingerprint density at radius 1 is 1.57 bits per heavy atom. The Hall–Kier alpha value is 0.390. The molecule has 0 aromatic carbocycles. The van der Waals surface area contributed by atoms with Gasteiger partial charge in [-0.2, -0.15) is 0 Å². The molecule has 5 heteroatoms. The molecule has 0 saturated carbocycles. The minimum absolute atomic E-state index is 0. The predicted octanol–water partition coefficient (Wildman–Crippen LogP) is -3.53. The van der Waals surface area contributed by atoms with Gasteiger partial charge < -0.3 is 15.0 Å². The molecule has 0 radical (unpaired) electrons. The molecule has 0 rings (SSSR count). The number of carboxylic acids is 1. The quantitative estimate of drug-likeness (QED) is 0.365. The first-order chi connectivity index (χ1) is 5.83. The van der Waals surface area contributed by atoms with Crippen molar-refractivity contribution in [1.82, 2.24) is 5.32 Å². The van der Waals surface area contributed by atoms with Crippen LogP contribution in [0.25, 0.3) is 0 Å². The van der Waals surface area contributed by atoms with E-state index in [9.17, 15) is 15.0 Å². The number of carboxylic acid groups (broad SMARTS) is 1. The van der Waals surface area contributed by atoms with E-state index in [0.29, 0.717) is 6.42 Å². The Morgan fingerprint density at radius 3 is 2.21 bits per heavy atom. The van der Waals surface area contributed by atoms with Gasteiger partial charge in [-0.05, 0) is 19.3 Å². The van der Waals surface area contributed by atoms with Gasteiger partial charge in [0.2, 0.25) is 0 Å². The summed E-state index contributed by atoms with van der Waals surface area (Å²) in [7, 11) is 0. The first kappa shape index (κ1) is 16.8. The number of aliphatic hydroxyl groups is 1. The van der Waals surface area contributed by atoms with Crippen LogP contribution in [0.3, 0.4) is 0 Å². The second-order valence-corrected chi connectivity index (χ2v) is 3.81. The van der Waals surface area contributed by atoms with Gasteiger partial charge in [-0.15, -0.1) is 0 Å². The smallest absolute Gasteiger partial charge is 0.548 e. The summed E-state index contributed by atoms with van der Waals surface area (Å²) < 4.78 is 0. The predicted molar refractivity (Wildman–Crippen MR) is 47.7 cm³/mol. The van der Waals surface area contributed by atoms with Gasteiger partial charge in [-0.25, -0.2) is 0 Å². The Labute approximate surface area is 107 Å². The molecule has 0 saturated heterocycles. The zero-order valence-electron chi connectivity index (χ0n) is 9.63. The molecule has 0 heterocycles. The zero-order chi connectivity index (χ0) is 10.6. The van der Waals surface area contributed by atoms with Crippen molar-refractivity contribution in [3.63, 3.8) is 0 Å². The molecule has 14 heavy (non-hydrogen) atoms. The van der Waals surface area contributed by atoms with Gasteiger partial charge in [-0.1, -0.05) is 20.8 Å². The van der Waals surface area contributed by atoms with Crippen LogP contribution in [-0.2, 0) is 4.79 Å². The minimum Gasteiger partial charge on any atom is -0.548 e. The summed E-state index contributed by atoms with van der Waals surface area (Å²) in [6.45, 7) is 6.86. The first-order valence-electron chi connectivity index (χ1n) is 4.50. The van der Waals surface area contributed by atoms with Crippen molar-refractivity contribution in [3.8, 4) is 0 Å². The monoisotopic (exact) mass is 211 g/mol. The van der Waals surface area contributed by atoms with Crippen LogP contribution in [0.2, 0.25) is 0 Å². The van der Waals surface area contributed by atoms with Crippen molar-refractivity contribution >= 4 is 5.97 Å². The molecule has 0 amide bonds. The third-order valence-electron chi connectivity index (χ3n) is 2.26. The van der Waals surface area contributed by atoms with Crippen LogP contribution < -0.4 is 40.0 Å². The Morgan fingerprint density at radius 2 is 2.00 bits per heavy atom. The van der Waals surface area contributed by atoms with Crippen LogP contribution in [0.15, 0.2) is 0 Å². The van der Waals surface area contributed by atoms with E-state index in [0.717, 1.165) is 0 Å². The summed E-state index contributed by atoms with van der Waals surface area (Å²) in [5.41, 5.74) is -1.15. The number of rotatable bonds is 5. The van der Waals surface area contributed by atoms with Gasteiger partial charge in [0.25, 0.3) is 0 Å². The Bertz CT molecular complexity index is 187. The molecule has 0 bridgehead atoms. The maximum atomic E-state index is 10.7. The average molecular weight is 211 g/mol. The molecule has 0 aliphatic carbocycles. The normalized spacial score (nSPS) is 17.0. The number of nitrogens with one attached hydrogen (secondary N) is 1. The second kappa shape index (κ2) is 6.80. The van der Waals surface area contributed by atoms with Crippen LogP contribution in [-0.4, -0.2) is 22.8 Å². The van der Waals surface area contributed by atoms with Gasteiger partial charge >= 0.3 is 29.6 Å². The molecular weight excluding hydrogens is 193 g/mol. The molecule has 0 fully saturated rings. The van der Waals surface area contributed by atoms with Crippen molar-refractivity contribution in [2.75, 3.05) is 0 Å². The van der Waals surface area contributed by atoms with Gasteiger partial charge in [0.15, 0.2) is 0 Å². The van der Waals surface area contributed by atoms with E-state index >= 15 is 0 Å². The maximum absolute atomic E-state index is 10.7. The molecule has 0 aromatic heterocycles. The maximum Gasteiger partial charge on any atom is 1.00 e. The Balaban J connectivity index is 0. The molecular formula is C9H18NNaO3. The molecule has 0 aliphatic heterocycles. The van der Waals surface area contributed by atoms with Crippen LogP contribution >= 0.6 is 0 Å². The van der Waals surface area contributed by atoms with E-state index in [1.165, 1.54) is 6.92 Å². The fourth-order valence-electron chi connectivity index (χ4n) is 0.798. The summed E-state index contributed by atoms with van der Waals surface area (Å²) in [4.78, 5) is 10.7. The molecule has 0 aliphatic rings. The van der Waals surface area contributed by atoms with E-state index in [2.05, 4.69) is 5.32 Å². The van der Waals surface area contributed by atoms with Crippen LogP contribution in [0, 0.1) is 5.92 Å². The third kappa shape index (κ3) is 4.75. The SMILES string of the molecule is CCC(C)(NC(O)C(C)C)C(=O)[O-].[Na+]. The summed E-state index contributed by atoms with van der Waals surface area (Å²) >= 11 is 0. The number of hydrogen-bond acceptors (Lipinski definition) is 4. The molecule has 2 N–H and O–H groups in total. The van der Waals surface area contributed by atoms with Crippen LogP contribution in [0.4, 0.5) is 0 Å². The fraction of sp³-hybridized carbons (Fsp3) is 0.889. The van der Waals surface area contributed by atoms with Crippen LogP contribution in [0.1, 0.15) is 34.1 Å². The number of aliphatic carboxylic acids is 1. The third-order valence-corrected chi connectivity index (χ3v) is 2.26. The average Bonchev–Trinajstić information content (AvgIpc) is 2.03. The Kier molecular flexibility index (Phi) is 8.16. The molecule has 78 valence electrons. The number of aliphatic hydroxyl groups excluding tert-OH is 1. The minimum atomic E-state index is -1.19. The van der Waals surface area contributed by atoms with Crippen LogP contribution in [0.5, 0.6) is 0 Å². The van der Waals surface area contributed by atoms with Crippen molar-refractivity contribution in [2.24, 2.45) is 5.92 Å². The largest absolute Gasteiger partial charge is 1.00 e. The summed E-state index contributed by atoms with van der Waals surface area (Å²) in [5, 5.41) is 22.8. The molecule has 2 atom stereocenters. The van der Waals surface area contributed by atoms with Gasteiger partial charge in [0.05, 0.1) is 11.5 Å². The van der Waals surface area contributed by atoms with Gasteiger partial charge in [-0.3, -0.25) is 5.32 Å². The van der Waals surface area contributed by atoms with Crippen molar-refractivity contribution in [1.29, 1.82) is 0 Å². The van der Waals surface area contributed by atoms with E-state index in [-0.39, 0.29) is 35.5 Å². The van der Waals surface area contributed by atoms with E-state index in [4.69, 9.17) is 0 Å². The number of carbonyl (C=O) groups excluding carboxylic acids is 1. The first-order valence-corrected chi connectivity index (χ1v) is 4.50. The summed E-state index contributed by atoms with van der Waals surface area (Å²) in [6, 6.07) is 0. The molecule has 2 unspecified atom stereocenters. The topological polar surface area (TPSA) is 72.4 Å². The number of carbonyl (C=O) groups is 1. The second-order valence-electron chi connectivity index (χ2n) is 3.81. The molecule has 0 spiro atoms. The standard InChI is InChI=1S/C9H19NO3.Na/c1-5-9(4,8(12)13)10-7(11)6(2)3;/h6-7,10-11H,5H2,1-4H3,(H,12,13);/q;+1/p-1. The van der Waals surface area contributed by atoms with E-state index in [1.807, 2.05) is 13.8 Å².